The SMILES string of the molecule is Clc1cncnc1OCC1CNCCO1. The summed E-state index contributed by atoms with van der Waals surface area (Å²) < 4.78 is 10.9. The number of halogens is 1. The first-order valence-electron chi connectivity index (χ1n) is 4.77. The molecule has 1 N–H and O–H groups in total. The van der Waals surface area contributed by atoms with Crippen LogP contribution in [0, 0.1) is 0 Å². The van der Waals surface area contributed by atoms with Crippen molar-refractivity contribution in [2.75, 3.05) is 26.3 Å². The summed E-state index contributed by atoms with van der Waals surface area (Å²) in [5.41, 5.74) is 0. The van der Waals surface area contributed by atoms with Crippen molar-refractivity contribution >= 4 is 11.6 Å². The van der Waals surface area contributed by atoms with Crippen LogP contribution in [-0.2, 0) is 4.74 Å². The Kier molecular flexibility index (Phi) is 3.71. The first-order chi connectivity index (χ1) is 7.36. The molecule has 0 amide bonds. The lowest BCUT2D eigenvalue weighted by atomic mass is 10.3. The van der Waals surface area contributed by atoms with Gasteiger partial charge in [0.1, 0.15) is 24.1 Å². The summed E-state index contributed by atoms with van der Waals surface area (Å²) in [6.07, 6.45) is 2.97. The Hall–Kier alpha value is -0.910. The smallest absolute Gasteiger partial charge is 0.235 e. The molecule has 0 aromatic carbocycles. The van der Waals surface area contributed by atoms with Gasteiger partial charge in [0.15, 0.2) is 0 Å². The van der Waals surface area contributed by atoms with Gasteiger partial charge in [0.25, 0.3) is 0 Å². The van der Waals surface area contributed by atoms with E-state index in [4.69, 9.17) is 21.1 Å². The average Bonchev–Trinajstić information content (AvgIpc) is 2.29. The second kappa shape index (κ2) is 5.25. The normalized spacial score (nSPS) is 21.3. The maximum Gasteiger partial charge on any atom is 0.235 e. The first-order valence-corrected chi connectivity index (χ1v) is 5.14. The van der Waals surface area contributed by atoms with Crippen molar-refractivity contribution in [1.82, 2.24) is 15.3 Å². The second-order valence-electron chi connectivity index (χ2n) is 3.18. The van der Waals surface area contributed by atoms with Crippen molar-refractivity contribution in [3.8, 4) is 5.88 Å². The van der Waals surface area contributed by atoms with Crippen molar-refractivity contribution in [2.45, 2.75) is 6.10 Å². The fourth-order valence-corrected chi connectivity index (χ4v) is 1.47. The van der Waals surface area contributed by atoms with Gasteiger partial charge in [-0.25, -0.2) is 9.97 Å². The molecular weight excluding hydrogens is 218 g/mol. The molecule has 1 fully saturated rings. The van der Waals surface area contributed by atoms with Crippen LogP contribution in [0.2, 0.25) is 5.02 Å². The summed E-state index contributed by atoms with van der Waals surface area (Å²) in [7, 11) is 0. The monoisotopic (exact) mass is 229 g/mol. The van der Waals surface area contributed by atoms with Gasteiger partial charge in [-0.2, -0.15) is 0 Å². The van der Waals surface area contributed by atoms with Gasteiger partial charge in [-0.05, 0) is 0 Å². The number of ether oxygens (including phenoxy) is 2. The Morgan fingerprint density at radius 2 is 2.60 bits per heavy atom. The molecule has 0 saturated carbocycles. The van der Waals surface area contributed by atoms with Gasteiger partial charge in [-0.1, -0.05) is 11.6 Å². The zero-order valence-electron chi connectivity index (χ0n) is 8.15. The molecule has 0 bridgehead atoms. The highest BCUT2D eigenvalue weighted by Gasteiger charge is 2.14. The van der Waals surface area contributed by atoms with E-state index in [0.29, 0.717) is 24.1 Å². The maximum atomic E-state index is 5.84. The topological polar surface area (TPSA) is 56.3 Å². The lowest BCUT2D eigenvalue weighted by Crippen LogP contribution is -2.41. The molecule has 5 nitrogen and oxygen atoms in total. The highest BCUT2D eigenvalue weighted by molar-refractivity contribution is 6.31. The summed E-state index contributed by atoms with van der Waals surface area (Å²) in [5.74, 6) is 0.404. The maximum absolute atomic E-state index is 5.84. The van der Waals surface area contributed by atoms with Crippen LogP contribution in [0.1, 0.15) is 0 Å². The third-order valence-corrected chi connectivity index (χ3v) is 2.30. The van der Waals surface area contributed by atoms with E-state index in [9.17, 15) is 0 Å². The van der Waals surface area contributed by atoms with Crippen molar-refractivity contribution in [3.63, 3.8) is 0 Å². The third-order valence-electron chi connectivity index (χ3n) is 2.04. The zero-order valence-corrected chi connectivity index (χ0v) is 8.91. The fourth-order valence-electron chi connectivity index (χ4n) is 1.31. The van der Waals surface area contributed by atoms with Crippen molar-refractivity contribution in [2.24, 2.45) is 0 Å². The minimum absolute atomic E-state index is 0.0600. The van der Waals surface area contributed by atoms with Crippen LogP contribution in [0.3, 0.4) is 0 Å². The molecular formula is C9H12ClN3O2. The van der Waals surface area contributed by atoms with Gasteiger partial charge in [0, 0.05) is 13.1 Å². The first kappa shape index (κ1) is 10.6. The summed E-state index contributed by atoms with van der Waals surface area (Å²) in [6.45, 7) is 2.85. The molecule has 0 aliphatic carbocycles. The summed E-state index contributed by atoms with van der Waals surface area (Å²) in [4.78, 5) is 7.69. The van der Waals surface area contributed by atoms with E-state index in [1.807, 2.05) is 0 Å². The molecule has 1 saturated heterocycles. The Morgan fingerprint density at radius 1 is 1.67 bits per heavy atom. The molecule has 1 aliphatic rings. The quantitative estimate of drug-likeness (QED) is 0.818. The Bertz CT molecular complexity index is 318. The molecule has 82 valence electrons. The summed E-state index contributed by atoms with van der Waals surface area (Å²) >= 11 is 5.84. The minimum Gasteiger partial charge on any atom is -0.474 e. The van der Waals surface area contributed by atoms with E-state index < -0.39 is 0 Å². The van der Waals surface area contributed by atoms with Gasteiger partial charge in [-0.3, -0.25) is 0 Å². The fraction of sp³-hybridized carbons (Fsp3) is 0.556. The molecule has 15 heavy (non-hydrogen) atoms. The van der Waals surface area contributed by atoms with Gasteiger partial charge >= 0.3 is 0 Å². The number of nitrogens with zero attached hydrogens (tertiary/aromatic N) is 2. The summed E-state index contributed by atoms with van der Waals surface area (Å²) in [5, 5.41) is 3.63. The van der Waals surface area contributed by atoms with Crippen LogP contribution >= 0.6 is 11.6 Å². The van der Waals surface area contributed by atoms with Crippen LogP contribution in [0.15, 0.2) is 12.5 Å². The van der Waals surface area contributed by atoms with Crippen LogP contribution in [-0.4, -0.2) is 42.4 Å². The number of nitrogens with one attached hydrogen (secondary N) is 1. The van der Waals surface area contributed by atoms with E-state index in [1.165, 1.54) is 12.5 Å². The molecule has 1 unspecified atom stereocenters. The number of hydrogen-bond donors (Lipinski definition) is 1. The lowest BCUT2D eigenvalue weighted by Gasteiger charge is -2.23. The Labute approximate surface area is 92.8 Å². The molecule has 0 spiro atoms. The van der Waals surface area contributed by atoms with E-state index in [2.05, 4.69) is 15.3 Å². The van der Waals surface area contributed by atoms with Gasteiger partial charge in [0.05, 0.1) is 12.8 Å². The molecule has 6 heteroatoms. The van der Waals surface area contributed by atoms with E-state index in [1.54, 1.807) is 0 Å². The third kappa shape index (κ3) is 3.02. The number of rotatable bonds is 3. The van der Waals surface area contributed by atoms with E-state index >= 15 is 0 Å². The average molecular weight is 230 g/mol. The molecule has 0 radical (unpaired) electrons. The van der Waals surface area contributed by atoms with Crippen molar-refractivity contribution < 1.29 is 9.47 Å². The summed E-state index contributed by atoms with van der Waals surface area (Å²) in [6, 6.07) is 0. The van der Waals surface area contributed by atoms with Crippen molar-refractivity contribution in [1.29, 1.82) is 0 Å². The van der Waals surface area contributed by atoms with Crippen molar-refractivity contribution in [3.05, 3.63) is 17.5 Å². The molecule has 1 aromatic heterocycles. The van der Waals surface area contributed by atoms with Crippen LogP contribution in [0.4, 0.5) is 0 Å². The van der Waals surface area contributed by atoms with E-state index in [0.717, 1.165) is 13.1 Å². The molecule has 1 aromatic rings. The highest BCUT2D eigenvalue weighted by atomic mass is 35.5. The number of morpholine rings is 1. The number of hydrogen-bond acceptors (Lipinski definition) is 5. The van der Waals surface area contributed by atoms with E-state index in [-0.39, 0.29) is 6.10 Å². The number of aromatic nitrogens is 2. The predicted octanol–water partition coefficient (Wildman–Crippen LogP) is 0.497. The second-order valence-corrected chi connectivity index (χ2v) is 3.59. The zero-order chi connectivity index (χ0) is 10.5. The van der Waals surface area contributed by atoms with Crippen LogP contribution in [0.25, 0.3) is 0 Å². The van der Waals surface area contributed by atoms with Crippen LogP contribution in [0.5, 0.6) is 5.88 Å². The van der Waals surface area contributed by atoms with Gasteiger partial charge in [0.2, 0.25) is 5.88 Å². The molecule has 2 rings (SSSR count). The highest BCUT2D eigenvalue weighted by Crippen LogP contribution is 2.18. The molecule has 2 heterocycles. The molecule has 1 aliphatic heterocycles. The Morgan fingerprint density at radius 3 is 3.33 bits per heavy atom. The Balaban J connectivity index is 1.84. The van der Waals surface area contributed by atoms with Gasteiger partial charge in [-0.15, -0.1) is 0 Å². The lowest BCUT2D eigenvalue weighted by molar-refractivity contribution is -0.000745. The molecule has 1 atom stereocenters. The van der Waals surface area contributed by atoms with Gasteiger partial charge < -0.3 is 14.8 Å². The standard InChI is InChI=1S/C9H12ClN3O2/c10-8-4-12-6-13-9(8)15-5-7-3-11-1-2-14-7/h4,6-7,11H,1-3,5H2. The predicted molar refractivity (Wildman–Crippen MR) is 55.1 cm³/mol. The van der Waals surface area contributed by atoms with Crippen LogP contribution < -0.4 is 10.1 Å². The minimum atomic E-state index is 0.0600. The largest absolute Gasteiger partial charge is 0.474 e.